The minimum atomic E-state index is -2.97. The Morgan fingerprint density at radius 2 is 1.96 bits per heavy atom. The zero-order valence-corrected chi connectivity index (χ0v) is 16.0. The van der Waals surface area contributed by atoms with Gasteiger partial charge in [-0.15, -0.1) is 10.2 Å². The Balaban J connectivity index is 1.64. The molecule has 0 spiro atoms. The molecule has 3 rings (SSSR count). The van der Waals surface area contributed by atoms with Crippen molar-refractivity contribution in [2.45, 2.75) is 32.4 Å². The van der Waals surface area contributed by atoms with E-state index in [1.54, 1.807) is 30.3 Å². The standard InChI is InChI=1S/C18H22N4O4S/c1-12(2)26-16-6-4-3-5-14(16)20-18(23)15-7-8-17(22-21-15)19-13-9-10-27(24,25)11-13/h3-8,12-13H,9-11H2,1-2H3,(H,19,22)(H,20,23). The third-order valence-corrected chi connectivity index (χ3v) is 5.75. The second-order valence-corrected chi connectivity index (χ2v) is 8.89. The van der Waals surface area contributed by atoms with Crippen molar-refractivity contribution in [3.05, 3.63) is 42.1 Å². The molecule has 144 valence electrons. The first-order chi connectivity index (χ1) is 12.8. The average Bonchev–Trinajstić information content (AvgIpc) is 2.95. The minimum Gasteiger partial charge on any atom is -0.489 e. The predicted molar refractivity (Wildman–Crippen MR) is 103 cm³/mol. The number of nitrogens with zero attached hydrogens (tertiary/aromatic N) is 2. The Labute approximate surface area is 158 Å². The van der Waals surface area contributed by atoms with Gasteiger partial charge in [-0.25, -0.2) is 8.42 Å². The van der Waals surface area contributed by atoms with Crippen molar-refractivity contribution in [3.63, 3.8) is 0 Å². The van der Waals surface area contributed by atoms with Crippen LogP contribution in [0.5, 0.6) is 5.75 Å². The summed E-state index contributed by atoms with van der Waals surface area (Å²) in [6, 6.07) is 10.1. The van der Waals surface area contributed by atoms with Gasteiger partial charge in [0.2, 0.25) is 0 Å². The predicted octanol–water partition coefficient (Wildman–Crippen LogP) is 2.12. The summed E-state index contributed by atoms with van der Waals surface area (Å²) in [5, 5.41) is 13.7. The Bertz CT molecular complexity index is 913. The minimum absolute atomic E-state index is 0.0207. The highest BCUT2D eigenvalue weighted by Gasteiger charge is 2.28. The van der Waals surface area contributed by atoms with Gasteiger partial charge in [0.1, 0.15) is 11.6 Å². The maximum absolute atomic E-state index is 12.4. The van der Waals surface area contributed by atoms with E-state index in [1.807, 2.05) is 19.9 Å². The van der Waals surface area contributed by atoms with Crippen molar-refractivity contribution in [1.82, 2.24) is 10.2 Å². The number of nitrogens with one attached hydrogen (secondary N) is 2. The summed E-state index contributed by atoms with van der Waals surface area (Å²) in [7, 11) is -2.97. The molecule has 1 aromatic carbocycles. The summed E-state index contributed by atoms with van der Waals surface area (Å²) >= 11 is 0. The third kappa shape index (κ3) is 5.16. The van der Waals surface area contributed by atoms with Gasteiger partial charge >= 0.3 is 0 Å². The first-order valence-corrected chi connectivity index (χ1v) is 10.5. The second-order valence-electron chi connectivity index (χ2n) is 6.67. The summed E-state index contributed by atoms with van der Waals surface area (Å²) in [6.45, 7) is 3.82. The quantitative estimate of drug-likeness (QED) is 0.777. The highest BCUT2D eigenvalue weighted by atomic mass is 32.2. The van der Waals surface area contributed by atoms with Crippen LogP contribution in [0.3, 0.4) is 0 Å². The molecule has 1 unspecified atom stereocenters. The molecule has 1 saturated heterocycles. The molecule has 0 bridgehead atoms. The van der Waals surface area contributed by atoms with Gasteiger partial charge in [-0.1, -0.05) is 12.1 Å². The lowest BCUT2D eigenvalue weighted by atomic mass is 10.2. The number of aromatic nitrogens is 2. The van der Waals surface area contributed by atoms with E-state index < -0.39 is 15.7 Å². The molecule has 2 aromatic rings. The largest absolute Gasteiger partial charge is 0.489 e. The molecule has 0 radical (unpaired) electrons. The van der Waals surface area contributed by atoms with E-state index >= 15 is 0 Å². The average molecular weight is 390 g/mol. The highest BCUT2D eigenvalue weighted by Crippen LogP contribution is 2.25. The fourth-order valence-corrected chi connectivity index (χ4v) is 4.43. The summed E-state index contributed by atoms with van der Waals surface area (Å²) in [4.78, 5) is 12.4. The van der Waals surface area contributed by atoms with Crippen molar-refractivity contribution in [1.29, 1.82) is 0 Å². The zero-order valence-electron chi connectivity index (χ0n) is 15.2. The number of anilines is 2. The second kappa shape index (κ2) is 7.91. The van der Waals surface area contributed by atoms with E-state index in [1.165, 1.54) is 0 Å². The molecule has 8 nitrogen and oxygen atoms in total. The number of hydrogen-bond acceptors (Lipinski definition) is 7. The molecule has 1 atom stereocenters. The van der Waals surface area contributed by atoms with E-state index in [4.69, 9.17) is 4.74 Å². The van der Waals surface area contributed by atoms with E-state index in [0.717, 1.165) is 0 Å². The fraction of sp³-hybridized carbons (Fsp3) is 0.389. The topological polar surface area (TPSA) is 110 Å². The molecule has 0 aliphatic carbocycles. The summed E-state index contributed by atoms with van der Waals surface area (Å²) in [5.74, 6) is 0.879. The number of benzene rings is 1. The van der Waals surface area contributed by atoms with Crippen molar-refractivity contribution in [3.8, 4) is 5.75 Å². The van der Waals surface area contributed by atoms with Gasteiger partial charge in [0.25, 0.3) is 5.91 Å². The molecule has 1 aliphatic rings. The Kier molecular flexibility index (Phi) is 5.59. The maximum atomic E-state index is 12.4. The van der Waals surface area contributed by atoms with Crippen LogP contribution in [0.1, 0.15) is 30.8 Å². The molecule has 2 heterocycles. The number of carbonyl (C=O) groups is 1. The number of sulfone groups is 1. The van der Waals surface area contributed by atoms with Crippen LogP contribution in [0.4, 0.5) is 11.5 Å². The lowest BCUT2D eigenvalue weighted by Crippen LogP contribution is -2.22. The van der Waals surface area contributed by atoms with Crippen LogP contribution >= 0.6 is 0 Å². The molecule has 1 aromatic heterocycles. The summed E-state index contributed by atoms with van der Waals surface area (Å²) in [6.07, 6.45) is 0.520. The van der Waals surface area contributed by atoms with Gasteiger partial charge in [0.05, 0.1) is 23.3 Å². The number of ether oxygens (including phenoxy) is 1. The van der Waals surface area contributed by atoms with Crippen LogP contribution in [0.25, 0.3) is 0 Å². The molecule has 9 heteroatoms. The smallest absolute Gasteiger partial charge is 0.276 e. The van der Waals surface area contributed by atoms with Crippen LogP contribution < -0.4 is 15.4 Å². The number of amides is 1. The monoisotopic (exact) mass is 390 g/mol. The van der Waals surface area contributed by atoms with Gasteiger partial charge in [-0.3, -0.25) is 4.79 Å². The van der Waals surface area contributed by atoms with Crippen molar-refractivity contribution < 1.29 is 17.9 Å². The fourth-order valence-electron chi connectivity index (χ4n) is 2.76. The number of rotatable bonds is 6. The molecule has 0 saturated carbocycles. The van der Waals surface area contributed by atoms with Crippen LogP contribution in [0, 0.1) is 0 Å². The van der Waals surface area contributed by atoms with Gasteiger partial charge in [0.15, 0.2) is 15.5 Å². The molecule has 1 aliphatic heterocycles. The number of para-hydroxylation sites is 2. The van der Waals surface area contributed by atoms with E-state index in [9.17, 15) is 13.2 Å². The third-order valence-electron chi connectivity index (χ3n) is 3.98. The molecular formula is C18H22N4O4S. The van der Waals surface area contributed by atoms with Crippen molar-refractivity contribution in [2.24, 2.45) is 0 Å². The lowest BCUT2D eigenvalue weighted by molar-refractivity contribution is 0.102. The molecule has 1 fully saturated rings. The number of carbonyl (C=O) groups excluding carboxylic acids is 1. The molecule has 27 heavy (non-hydrogen) atoms. The maximum Gasteiger partial charge on any atom is 0.276 e. The van der Waals surface area contributed by atoms with Gasteiger partial charge < -0.3 is 15.4 Å². The molecular weight excluding hydrogens is 368 g/mol. The van der Waals surface area contributed by atoms with E-state index in [2.05, 4.69) is 20.8 Å². The Morgan fingerprint density at radius 1 is 1.19 bits per heavy atom. The SMILES string of the molecule is CC(C)Oc1ccccc1NC(=O)c1ccc(NC2CCS(=O)(=O)C2)nn1. The summed E-state index contributed by atoms with van der Waals surface area (Å²) in [5.41, 5.74) is 0.704. The molecule has 1 amide bonds. The van der Waals surface area contributed by atoms with Crippen LogP contribution in [-0.4, -0.2) is 48.2 Å². The summed E-state index contributed by atoms with van der Waals surface area (Å²) < 4.78 is 28.7. The van der Waals surface area contributed by atoms with Crippen molar-refractivity contribution in [2.75, 3.05) is 22.1 Å². The molecule has 2 N–H and O–H groups in total. The van der Waals surface area contributed by atoms with Gasteiger partial charge in [-0.2, -0.15) is 0 Å². The van der Waals surface area contributed by atoms with Crippen LogP contribution in [0.15, 0.2) is 36.4 Å². The van der Waals surface area contributed by atoms with Gasteiger partial charge in [-0.05, 0) is 44.5 Å². The number of hydrogen-bond donors (Lipinski definition) is 2. The van der Waals surface area contributed by atoms with Crippen molar-refractivity contribution >= 4 is 27.2 Å². The normalized spacial score (nSPS) is 18.3. The first kappa shape index (κ1) is 19.1. The van der Waals surface area contributed by atoms with Gasteiger partial charge in [0, 0.05) is 6.04 Å². The Morgan fingerprint density at radius 3 is 2.59 bits per heavy atom. The van der Waals surface area contributed by atoms with E-state index in [-0.39, 0.29) is 29.3 Å². The lowest BCUT2D eigenvalue weighted by Gasteiger charge is -2.14. The van der Waals surface area contributed by atoms with E-state index in [0.29, 0.717) is 23.7 Å². The first-order valence-electron chi connectivity index (χ1n) is 8.70. The van der Waals surface area contributed by atoms with Crippen LogP contribution in [0.2, 0.25) is 0 Å². The highest BCUT2D eigenvalue weighted by molar-refractivity contribution is 7.91. The van der Waals surface area contributed by atoms with Crippen LogP contribution in [-0.2, 0) is 9.84 Å². The Hall–Kier alpha value is -2.68. The zero-order chi connectivity index (χ0) is 19.4.